The lowest BCUT2D eigenvalue weighted by atomic mass is 9.94. The summed E-state index contributed by atoms with van der Waals surface area (Å²) < 4.78 is 34.3. The van der Waals surface area contributed by atoms with E-state index in [1.165, 1.54) is 11.1 Å². The van der Waals surface area contributed by atoms with Crippen molar-refractivity contribution in [2.24, 2.45) is 0 Å². The Morgan fingerprint density at radius 2 is 1.87 bits per heavy atom. The number of methoxy groups -OCH3 is 1. The number of rotatable bonds is 8. The van der Waals surface area contributed by atoms with Crippen molar-refractivity contribution in [3.8, 4) is 28.0 Å². The van der Waals surface area contributed by atoms with Crippen molar-refractivity contribution in [2.75, 3.05) is 27.2 Å². The summed E-state index contributed by atoms with van der Waals surface area (Å²) in [6.45, 7) is 5.24. The molecule has 1 amide bonds. The van der Waals surface area contributed by atoms with Crippen LogP contribution in [0.3, 0.4) is 0 Å². The number of aromatic amines is 1. The number of aromatic nitrogens is 3. The van der Waals surface area contributed by atoms with Gasteiger partial charge in [0, 0.05) is 48.6 Å². The highest BCUT2D eigenvalue weighted by molar-refractivity contribution is 7.91. The fourth-order valence-electron chi connectivity index (χ4n) is 5.82. The van der Waals surface area contributed by atoms with E-state index in [-0.39, 0.29) is 22.4 Å². The van der Waals surface area contributed by atoms with E-state index in [0.717, 1.165) is 46.5 Å². The molecule has 11 heteroatoms. The SMILES string of the molecule is COc1cc(-c2ccc(C)cc2S(=O)(=O)c2cnc3[nH]cc(-c4ccc(C(=O)N(C)C[C@@H](C)O)cc4)c3n2)cc2c1CNCC2. The van der Waals surface area contributed by atoms with Gasteiger partial charge in [-0.15, -0.1) is 0 Å². The zero-order valence-corrected chi connectivity index (χ0v) is 26.4. The molecule has 0 aliphatic carbocycles. The molecule has 6 rings (SSSR count). The Morgan fingerprint density at radius 3 is 2.60 bits per heavy atom. The first-order valence-electron chi connectivity index (χ1n) is 14.7. The smallest absolute Gasteiger partial charge is 0.253 e. The summed E-state index contributed by atoms with van der Waals surface area (Å²) in [4.78, 5) is 26.5. The highest BCUT2D eigenvalue weighted by Gasteiger charge is 2.27. The Morgan fingerprint density at radius 1 is 1.09 bits per heavy atom. The Hall–Kier alpha value is -4.58. The average molecular weight is 626 g/mol. The maximum atomic E-state index is 14.3. The van der Waals surface area contributed by atoms with Crippen molar-refractivity contribution in [3.05, 3.63) is 89.2 Å². The van der Waals surface area contributed by atoms with Crippen LogP contribution in [-0.2, 0) is 22.8 Å². The van der Waals surface area contributed by atoms with E-state index in [4.69, 9.17) is 4.74 Å². The molecular formula is C34H35N5O5S. The van der Waals surface area contributed by atoms with Crippen molar-refractivity contribution >= 4 is 26.9 Å². The van der Waals surface area contributed by atoms with Gasteiger partial charge in [0.2, 0.25) is 9.84 Å². The number of nitrogens with one attached hydrogen (secondary N) is 2. The van der Waals surface area contributed by atoms with Gasteiger partial charge in [-0.25, -0.2) is 18.4 Å². The van der Waals surface area contributed by atoms with Gasteiger partial charge in [-0.1, -0.05) is 30.3 Å². The molecule has 0 radical (unpaired) electrons. The first kappa shape index (κ1) is 30.4. The second kappa shape index (κ2) is 12.1. The van der Waals surface area contributed by atoms with Crippen LogP contribution < -0.4 is 10.1 Å². The number of hydrogen-bond acceptors (Lipinski definition) is 8. The molecule has 0 unspecified atom stereocenters. The molecule has 2 aromatic heterocycles. The maximum absolute atomic E-state index is 14.3. The molecule has 0 spiro atoms. The van der Waals surface area contributed by atoms with Crippen molar-refractivity contribution in [2.45, 2.75) is 42.8 Å². The second-order valence-corrected chi connectivity index (χ2v) is 13.3. The number of aliphatic hydroxyl groups is 1. The standard InChI is InChI=1S/C34H35N5O5S/c1-20-5-10-26(25-14-24-11-12-35-16-27(24)29(15-25)44-4)30(13-20)45(42,43)31-18-37-33-32(38-31)28(17-36-33)22-6-8-23(9-7-22)34(41)39(3)19-21(2)40/h5-10,13-15,17-18,21,35,40H,11-12,16,19H2,1-4H3,(H,36,37)/t21-/m1/s1. The molecule has 5 aromatic rings. The second-order valence-electron chi connectivity index (χ2n) is 11.5. The van der Waals surface area contributed by atoms with Gasteiger partial charge >= 0.3 is 0 Å². The number of carbonyl (C=O) groups is 1. The fourth-order valence-corrected chi connectivity index (χ4v) is 7.27. The minimum Gasteiger partial charge on any atom is -0.496 e. The molecule has 3 N–H and O–H groups in total. The number of fused-ring (bicyclic) bond motifs is 2. The molecule has 1 aliphatic heterocycles. The number of aryl methyl sites for hydroxylation is 1. The van der Waals surface area contributed by atoms with E-state index in [2.05, 4.69) is 26.3 Å². The minimum atomic E-state index is -4.10. The van der Waals surface area contributed by atoms with Gasteiger partial charge < -0.3 is 25.0 Å². The van der Waals surface area contributed by atoms with Gasteiger partial charge in [0.25, 0.3) is 5.91 Å². The maximum Gasteiger partial charge on any atom is 0.253 e. The topological polar surface area (TPSA) is 138 Å². The number of H-pyrrole nitrogens is 1. The van der Waals surface area contributed by atoms with Gasteiger partial charge in [-0.05, 0) is 73.3 Å². The summed E-state index contributed by atoms with van der Waals surface area (Å²) in [5.74, 6) is 0.510. The summed E-state index contributed by atoms with van der Waals surface area (Å²) in [5.41, 5.74) is 7.06. The predicted octanol–water partition coefficient (Wildman–Crippen LogP) is 4.54. The van der Waals surface area contributed by atoms with Crippen LogP contribution in [0.2, 0.25) is 0 Å². The van der Waals surface area contributed by atoms with Gasteiger partial charge in [0.05, 0.1) is 24.3 Å². The number of nitrogens with zero attached hydrogens (tertiary/aromatic N) is 3. The van der Waals surface area contributed by atoms with E-state index in [1.54, 1.807) is 57.6 Å². The predicted molar refractivity (Wildman–Crippen MR) is 172 cm³/mol. The molecule has 3 heterocycles. The van der Waals surface area contributed by atoms with Gasteiger partial charge in [-0.2, -0.15) is 0 Å². The third-order valence-corrected chi connectivity index (χ3v) is 9.76. The molecule has 0 bridgehead atoms. The number of carbonyl (C=O) groups excluding carboxylic acids is 1. The van der Waals surface area contributed by atoms with E-state index in [1.807, 2.05) is 25.1 Å². The molecule has 0 saturated heterocycles. The number of aliphatic hydroxyl groups excluding tert-OH is 1. The Kier molecular flexibility index (Phi) is 8.17. The third kappa shape index (κ3) is 5.82. The number of ether oxygens (including phenoxy) is 1. The van der Waals surface area contributed by atoms with E-state index >= 15 is 0 Å². The molecule has 45 heavy (non-hydrogen) atoms. The molecule has 0 saturated carbocycles. The van der Waals surface area contributed by atoms with Crippen molar-refractivity contribution in [3.63, 3.8) is 0 Å². The first-order chi connectivity index (χ1) is 21.6. The zero-order valence-electron chi connectivity index (χ0n) is 25.6. The Balaban J connectivity index is 1.39. The van der Waals surface area contributed by atoms with Crippen LogP contribution in [0.25, 0.3) is 33.4 Å². The van der Waals surface area contributed by atoms with Gasteiger partial charge in [0.15, 0.2) is 10.7 Å². The lowest BCUT2D eigenvalue weighted by Crippen LogP contribution is -2.32. The number of hydrogen-bond donors (Lipinski definition) is 3. The minimum absolute atomic E-state index is 0.147. The van der Waals surface area contributed by atoms with Crippen LogP contribution in [-0.4, -0.2) is 72.6 Å². The summed E-state index contributed by atoms with van der Waals surface area (Å²) >= 11 is 0. The highest BCUT2D eigenvalue weighted by atomic mass is 32.2. The summed E-state index contributed by atoms with van der Waals surface area (Å²) in [7, 11) is -0.833. The summed E-state index contributed by atoms with van der Waals surface area (Å²) in [5, 5.41) is 12.8. The van der Waals surface area contributed by atoms with Crippen LogP contribution in [0.15, 0.2) is 76.9 Å². The first-order valence-corrected chi connectivity index (χ1v) is 16.2. The third-order valence-electron chi connectivity index (χ3n) is 8.09. The van der Waals surface area contributed by atoms with Crippen LogP contribution >= 0.6 is 0 Å². The lowest BCUT2D eigenvalue weighted by Gasteiger charge is -2.22. The summed E-state index contributed by atoms with van der Waals surface area (Å²) in [6, 6.07) is 16.3. The van der Waals surface area contributed by atoms with Gasteiger partial charge in [0.1, 0.15) is 11.3 Å². The van der Waals surface area contributed by atoms with Crippen molar-refractivity contribution < 1.29 is 23.1 Å². The van der Waals surface area contributed by atoms with E-state index in [9.17, 15) is 18.3 Å². The fraction of sp³-hybridized carbons (Fsp3) is 0.265. The average Bonchev–Trinajstić information content (AvgIpc) is 3.47. The van der Waals surface area contributed by atoms with Crippen molar-refractivity contribution in [1.29, 1.82) is 0 Å². The van der Waals surface area contributed by atoms with Crippen LogP contribution in [0, 0.1) is 6.92 Å². The van der Waals surface area contributed by atoms with Crippen molar-refractivity contribution in [1.82, 2.24) is 25.2 Å². The lowest BCUT2D eigenvalue weighted by molar-refractivity contribution is 0.0703. The molecule has 3 aromatic carbocycles. The van der Waals surface area contributed by atoms with E-state index < -0.39 is 15.9 Å². The largest absolute Gasteiger partial charge is 0.496 e. The van der Waals surface area contributed by atoms with Crippen LogP contribution in [0.1, 0.15) is 34.0 Å². The quantitative estimate of drug-likeness (QED) is 0.229. The van der Waals surface area contributed by atoms with Crippen LogP contribution in [0.5, 0.6) is 5.75 Å². The van der Waals surface area contributed by atoms with Gasteiger partial charge in [-0.3, -0.25) is 4.79 Å². The number of sulfone groups is 1. The Labute approximate surface area is 262 Å². The normalized spacial score (nSPS) is 13.8. The summed E-state index contributed by atoms with van der Waals surface area (Å²) in [6.07, 6.45) is 3.19. The molecule has 10 nitrogen and oxygen atoms in total. The molecular weight excluding hydrogens is 590 g/mol. The number of amides is 1. The Bertz CT molecular complexity index is 2000. The zero-order chi connectivity index (χ0) is 31.9. The molecule has 232 valence electrons. The monoisotopic (exact) mass is 625 g/mol. The molecule has 1 aliphatic rings. The van der Waals surface area contributed by atoms with Crippen LogP contribution in [0.4, 0.5) is 0 Å². The number of benzene rings is 3. The highest BCUT2D eigenvalue weighted by Crippen LogP contribution is 2.37. The molecule has 0 fully saturated rings. The van der Waals surface area contributed by atoms with E-state index in [0.29, 0.717) is 34.4 Å². The number of likely N-dealkylation sites (N-methyl/N-ethyl adjacent to an activating group) is 1. The molecule has 1 atom stereocenters.